The van der Waals surface area contributed by atoms with Gasteiger partial charge in [-0.25, -0.2) is 0 Å². The lowest BCUT2D eigenvalue weighted by Crippen LogP contribution is -2.39. The number of amides is 1. The largest absolute Gasteiger partial charge is 0.332 e. The number of non-ortho nitro benzene ring substituents is 1. The van der Waals surface area contributed by atoms with E-state index in [9.17, 15) is 14.9 Å². The molecule has 0 radical (unpaired) electrons. The molecule has 0 unspecified atom stereocenters. The number of nitro groups is 1. The third-order valence-corrected chi connectivity index (χ3v) is 4.43. The Bertz CT molecular complexity index is 568. The van der Waals surface area contributed by atoms with Crippen molar-refractivity contribution in [3.05, 3.63) is 51.0 Å². The van der Waals surface area contributed by atoms with Crippen molar-refractivity contribution in [1.82, 2.24) is 4.90 Å². The first-order valence-corrected chi connectivity index (χ1v) is 7.69. The van der Waals surface area contributed by atoms with Gasteiger partial charge in [0.25, 0.3) is 11.6 Å². The van der Waals surface area contributed by atoms with Gasteiger partial charge in [-0.15, -0.1) is 6.58 Å². The van der Waals surface area contributed by atoms with Crippen LogP contribution >= 0.6 is 15.9 Å². The van der Waals surface area contributed by atoms with E-state index < -0.39 is 4.92 Å². The SMILES string of the molecule is C=CCN(C(=O)c1cc([N+](=O)[O-])ccc1Br)C1CCCC1. The van der Waals surface area contributed by atoms with E-state index in [1.807, 2.05) is 0 Å². The molecule has 0 heterocycles. The molecule has 0 spiro atoms. The second-order valence-electron chi connectivity index (χ2n) is 5.11. The predicted octanol–water partition coefficient (Wildman–Crippen LogP) is 3.93. The third-order valence-electron chi connectivity index (χ3n) is 3.74. The molecule has 0 aliphatic heterocycles. The van der Waals surface area contributed by atoms with Gasteiger partial charge in [-0.2, -0.15) is 0 Å². The smallest absolute Gasteiger partial charge is 0.270 e. The van der Waals surface area contributed by atoms with Crippen LogP contribution in [0.4, 0.5) is 5.69 Å². The van der Waals surface area contributed by atoms with Gasteiger partial charge in [0.15, 0.2) is 0 Å². The Morgan fingerprint density at radius 1 is 1.48 bits per heavy atom. The lowest BCUT2D eigenvalue weighted by molar-refractivity contribution is -0.384. The number of rotatable bonds is 5. The molecule has 0 saturated heterocycles. The molecule has 112 valence electrons. The van der Waals surface area contributed by atoms with E-state index >= 15 is 0 Å². The number of benzene rings is 1. The van der Waals surface area contributed by atoms with E-state index in [0.717, 1.165) is 25.7 Å². The minimum atomic E-state index is -0.489. The van der Waals surface area contributed by atoms with Crippen molar-refractivity contribution < 1.29 is 9.72 Å². The van der Waals surface area contributed by atoms with E-state index in [-0.39, 0.29) is 17.6 Å². The standard InChI is InChI=1S/C15H17BrN2O3/c1-2-9-17(11-5-3-4-6-11)15(19)13-10-12(18(20)21)7-8-14(13)16/h2,7-8,10-11H,1,3-6,9H2. The molecule has 0 aromatic heterocycles. The highest BCUT2D eigenvalue weighted by Crippen LogP contribution is 2.28. The Kier molecular flexibility index (Phi) is 5.12. The lowest BCUT2D eigenvalue weighted by atomic mass is 10.1. The fraction of sp³-hybridized carbons (Fsp3) is 0.400. The van der Waals surface area contributed by atoms with Gasteiger partial charge in [-0.3, -0.25) is 14.9 Å². The van der Waals surface area contributed by atoms with Gasteiger partial charge in [0.05, 0.1) is 10.5 Å². The van der Waals surface area contributed by atoms with Crippen LogP contribution in [0.5, 0.6) is 0 Å². The van der Waals surface area contributed by atoms with Gasteiger partial charge in [0, 0.05) is 29.2 Å². The molecule has 6 heteroatoms. The number of carbonyl (C=O) groups is 1. The Morgan fingerprint density at radius 3 is 2.71 bits per heavy atom. The maximum absolute atomic E-state index is 12.7. The van der Waals surface area contributed by atoms with Gasteiger partial charge >= 0.3 is 0 Å². The summed E-state index contributed by atoms with van der Waals surface area (Å²) >= 11 is 3.31. The second kappa shape index (κ2) is 6.85. The number of hydrogen-bond donors (Lipinski definition) is 0. The number of carbonyl (C=O) groups excluding carboxylic acids is 1. The minimum absolute atomic E-state index is 0.0773. The highest BCUT2D eigenvalue weighted by Gasteiger charge is 2.28. The van der Waals surface area contributed by atoms with Crippen LogP contribution in [0, 0.1) is 10.1 Å². The molecule has 5 nitrogen and oxygen atoms in total. The first-order chi connectivity index (χ1) is 10.0. The fourth-order valence-electron chi connectivity index (χ4n) is 2.70. The second-order valence-corrected chi connectivity index (χ2v) is 5.96. The van der Waals surface area contributed by atoms with Crippen molar-refractivity contribution in [2.75, 3.05) is 6.54 Å². The molecule has 1 amide bonds. The molecular formula is C15H17BrN2O3. The van der Waals surface area contributed by atoms with Crippen molar-refractivity contribution in [3.63, 3.8) is 0 Å². The van der Waals surface area contributed by atoms with Crippen LogP contribution in [0.2, 0.25) is 0 Å². The van der Waals surface area contributed by atoms with E-state index in [1.54, 1.807) is 17.0 Å². The Hall–Kier alpha value is -1.69. The predicted molar refractivity (Wildman–Crippen MR) is 84.3 cm³/mol. The van der Waals surface area contributed by atoms with Crippen LogP contribution in [-0.4, -0.2) is 28.3 Å². The summed E-state index contributed by atoms with van der Waals surface area (Å²) in [5, 5.41) is 10.9. The Labute approximate surface area is 131 Å². The third kappa shape index (κ3) is 3.50. The van der Waals surface area contributed by atoms with Gasteiger partial charge in [0.2, 0.25) is 0 Å². The zero-order chi connectivity index (χ0) is 15.4. The monoisotopic (exact) mass is 352 g/mol. The maximum Gasteiger partial charge on any atom is 0.270 e. The number of nitro benzene ring substituents is 1. The molecular weight excluding hydrogens is 336 g/mol. The summed E-state index contributed by atoms with van der Waals surface area (Å²) in [7, 11) is 0. The zero-order valence-electron chi connectivity index (χ0n) is 11.6. The number of halogens is 1. The Balaban J connectivity index is 2.33. The normalized spacial score (nSPS) is 14.9. The van der Waals surface area contributed by atoms with Crippen LogP contribution in [0.15, 0.2) is 35.3 Å². The van der Waals surface area contributed by atoms with Gasteiger partial charge < -0.3 is 4.90 Å². The molecule has 1 fully saturated rings. The van der Waals surface area contributed by atoms with Crippen molar-refractivity contribution >= 4 is 27.5 Å². The van der Waals surface area contributed by atoms with Crippen molar-refractivity contribution in [1.29, 1.82) is 0 Å². The molecule has 1 saturated carbocycles. The molecule has 0 bridgehead atoms. The molecule has 1 aromatic carbocycles. The first-order valence-electron chi connectivity index (χ1n) is 6.90. The number of nitrogens with zero attached hydrogens (tertiary/aromatic N) is 2. The summed E-state index contributed by atoms with van der Waals surface area (Å²) < 4.78 is 0.574. The summed E-state index contributed by atoms with van der Waals surface area (Å²) in [6, 6.07) is 4.46. The lowest BCUT2D eigenvalue weighted by Gasteiger charge is -2.28. The molecule has 1 aliphatic rings. The van der Waals surface area contributed by atoms with E-state index in [1.165, 1.54) is 12.1 Å². The average molecular weight is 353 g/mol. The van der Waals surface area contributed by atoms with Crippen LogP contribution in [-0.2, 0) is 0 Å². The molecule has 0 N–H and O–H groups in total. The summed E-state index contributed by atoms with van der Waals surface area (Å²) in [4.78, 5) is 24.9. The van der Waals surface area contributed by atoms with Crippen LogP contribution in [0.1, 0.15) is 36.0 Å². The van der Waals surface area contributed by atoms with Gasteiger partial charge in [-0.05, 0) is 34.8 Å². The molecule has 1 aromatic rings. The van der Waals surface area contributed by atoms with Crippen molar-refractivity contribution in [3.8, 4) is 0 Å². The van der Waals surface area contributed by atoms with E-state index in [0.29, 0.717) is 16.6 Å². The molecule has 2 rings (SSSR count). The number of hydrogen-bond acceptors (Lipinski definition) is 3. The maximum atomic E-state index is 12.7. The van der Waals surface area contributed by atoms with Crippen molar-refractivity contribution in [2.45, 2.75) is 31.7 Å². The summed E-state index contributed by atoms with van der Waals surface area (Å²) in [6.07, 6.45) is 5.88. The van der Waals surface area contributed by atoms with Crippen molar-refractivity contribution in [2.24, 2.45) is 0 Å². The highest BCUT2D eigenvalue weighted by atomic mass is 79.9. The fourth-order valence-corrected chi connectivity index (χ4v) is 3.11. The molecule has 1 aliphatic carbocycles. The Morgan fingerprint density at radius 2 is 2.14 bits per heavy atom. The average Bonchev–Trinajstić information content (AvgIpc) is 2.98. The van der Waals surface area contributed by atoms with Crippen LogP contribution in [0.25, 0.3) is 0 Å². The van der Waals surface area contributed by atoms with Crippen LogP contribution in [0.3, 0.4) is 0 Å². The van der Waals surface area contributed by atoms with E-state index in [4.69, 9.17) is 0 Å². The highest BCUT2D eigenvalue weighted by molar-refractivity contribution is 9.10. The molecule has 0 atom stereocenters. The summed E-state index contributed by atoms with van der Waals surface area (Å²) in [5.74, 6) is -0.183. The zero-order valence-corrected chi connectivity index (χ0v) is 13.2. The quantitative estimate of drug-likeness (QED) is 0.458. The van der Waals surface area contributed by atoms with Crippen LogP contribution < -0.4 is 0 Å². The summed E-state index contributed by atoms with van der Waals surface area (Å²) in [5.41, 5.74) is 0.254. The van der Waals surface area contributed by atoms with E-state index in [2.05, 4.69) is 22.5 Å². The minimum Gasteiger partial charge on any atom is -0.332 e. The van der Waals surface area contributed by atoms with Gasteiger partial charge in [-0.1, -0.05) is 18.9 Å². The first kappa shape index (κ1) is 15.7. The molecule has 21 heavy (non-hydrogen) atoms. The van der Waals surface area contributed by atoms with Gasteiger partial charge in [0.1, 0.15) is 0 Å². The topological polar surface area (TPSA) is 63.5 Å². The summed E-state index contributed by atoms with van der Waals surface area (Å²) in [6.45, 7) is 4.16.